The van der Waals surface area contributed by atoms with Crippen molar-refractivity contribution in [1.82, 2.24) is 15.3 Å². The fourth-order valence-corrected chi connectivity index (χ4v) is 2.91. The number of piperidine rings is 1. The van der Waals surface area contributed by atoms with Crippen LogP contribution in [-0.4, -0.2) is 41.1 Å². The van der Waals surface area contributed by atoms with Gasteiger partial charge in [-0.25, -0.2) is 18.7 Å². The number of alkyl halides is 2. The van der Waals surface area contributed by atoms with E-state index >= 15 is 0 Å². The van der Waals surface area contributed by atoms with Crippen molar-refractivity contribution in [1.29, 1.82) is 5.26 Å². The first-order chi connectivity index (χ1) is 11.9. The number of nitriles is 1. The zero-order valence-electron chi connectivity index (χ0n) is 14.1. The van der Waals surface area contributed by atoms with Gasteiger partial charge in [0, 0.05) is 42.0 Å². The fourth-order valence-electron chi connectivity index (χ4n) is 2.91. The third-order valence-corrected chi connectivity index (χ3v) is 3.93. The highest BCUT2D eigenvalue weighted by Crippen LogP contribution is 2.27. The average molecular weight is 346 g/mol. The van der Waals surface area contributed by atoms with Gasteiger partial charge < -0.3 is 16.0 Å². The van der Waals surface area contributed by atoms with Crippen LogP contribution < -0.4 is 16.0 Å². The van der Waals surface area contributed by atoms with E-state index in [0.29, 0.717) is 23.9 Å². The van der Waals surface area contributed by atoms with Crippen LogP contribution in [0.3, 0.4) is 0 Å². The summed E-state index contributed by atoms with van der Waals surface area (Å²) in [5, 5.41) is 19.7. The summed E-state index contributed by atoms with van der Waals surface area (Å²) in [6, 6.07) is 5.21. The quantitative estimate of drug-likeness (QED) is 0.789. The van der Waals surface area contributed by atoms with Gasteiger partial charge in [-0.15, -0.1) is 0 Å². The molecular formula is C17H20F2N6. The molecule has 132 valence electrons. The van der Waals surface area contributed by atoms with E-state index in [1.54, 1.807) is 18.3 Å². The van der Waals surface area contributed by atoms with E-state index in [9.17, 15) is 8.78 Å². The number of nitrogens with one attached hydrogen (secondary N) is 3. The molecule has 8 heteroatoms. The van der Waals surface area contributed by atoms with E-state index in [0.717, 1.165) is 10.8 Å². The van der Waals surface area contributed by atoms with Gasteiger partial charge >= 0.3 is 0 Å². The molecule has 0 aromatic carbocycles. The Bertz CT molecular complexity index is 815. The molecule has 1 saturated heterocycles. The zero-order chi connectivity index (χ0) is 18.0. The molecule has 3 N–H and O–H groups in total. The maximum Gasteiger partial charge on any atom is 0.262 e. The summed E-state index contributed by atoms with van der Waals surface area (Å²) in [5.41, 5.74) is 0.300. The number of anilines is 2. The van der Waals surface area contributed by atoms with Crippen LogP contribution in [0.25, 0.3) is 10.8 Å². The van der Waals surface area contributed by atoms with Crippen molar-refractivity contribution in [3.8, 4) is 6.07 Å². The first-order valence-electron chi connectivity index (χ1n) is 8.19. The van der Waals surface area contributed by atoms with Gasteiger partial charge in [-0.3, -0.25) is 0 Å². The number of hydrogen-bond acceptors (Lipinski definition) is 6. The number of halogens is 2. The van der Waals surface area contributed by atoms with Gasteiger partial charge in [0.25, 0.3) is 5.92 Å². The number of fused-ring (bicyclic) bond motifs is 1. The Morgan fingerprint density at radius 1 is 1.40 bits per heavy atom. The lowest BCUT2D eigenvalue weighted by atomic mass is 10.0. The van der Waals surface area contributed by atoms with Crippen LogP contribution >= 0.6 is 0 Å². The van der Waals surface area contributed by atoms with E-state index < -0.39 is 12.0 Å². The van der Waals surface area contributed by atoms with Crippen molar-refractivity contribution in [2.75, 3.05) is 23.7 Å². The van der Waals surface area contributed by atoms with Crippen molar-refractivity contribution in [3.05, 3.63) is 24.0 Å². The van der Waals surface area contributed by atoms with E-state index in [1.165, 1.54) is 0 Å². The van der Waals surface area contributed by atoms with Crippen LogP contribution in [0.4, 0.5) is 20.4 Å². The Morgan fingerprint density at radius 3 is 2.88 bits per heavy atom. The largest absolute Gasteiger partial charge is 0.367 e. The maximum absolute atomic E-state index is 13.5. The van der Waals surface area contributed by atoms with Gasteiger partial charge in [0.15, 0.2) is 0 Å². The van der Waals surface area contributed by atoms with Crippen LogP contribution in [0.15, 0.2) is 18.3 Å². The lowest BCUT2D eigenvalue weighted by molar-refractivity contribution is -0.0244. The molecule has 0 aliphatic carbocycles. The molecule has 0 radical (unpaired) electrons. The molecular weight excluding hydrogens is 326 g/mol. The van der Waals surface area contributed by atoms with E-state index in [-0.39, 0.29) is 19.0 Å². The Morgan fingerprint density at radius 2 is 2.20 bits per heavy atom. The van der Waals surface area contributed by atoms with Crippen LogP contribution in [-0.2, 0) is 0 Å². The molecule has 2 aromatic rings. The number of aromatic nitrogens is 2. The lowest BCUT2D eigenvalue weighted by Crippen LogP contribution is -2.49. The number of nitrogens with zero attached hydrogens (tertiary/aromatic N) is 3. The van der Waals surface area contributed by atoms with Crippen LogP contribution in [0.1, 0.15) is 26.0 Å². The second-order valence-corrected chi connectivity index (χ2v) is 6.59. The molecule has 3 heterocycles. The summed E-state index contributed by atoms with van der Waals surface area (Å²) in [6.07, 6.45) is 1.39. The molecule has 1 aliphatic rings. The monoisotopic (exact) mass is 346 g/mol. The molecule has 2 aromatic heterocycles. The predicted octanol–water partition coefficient (Wildman–Crippen LogP) is 2.73. The van der Waals surface area contributed by atoms with E-state index in [2.05, 4.69) is 25.9 Å². The fraction of sp³-hybridized carbons (Fsp3) is 0.471. The molecule has 6 nitrogen and oxygen atoms in total. The molecule has 1 fully saturated rings. The minimum absolute atomic E-state index is 0.135. The molecule has 1 aliphatic heterocycles. The molecule has 1 atom stereocenters. The van der Waals surface area contributed by atoms with Gasteiger partial charge in [0.2, 0.25) is 0 Å². The van der Waals surface area contributed by atoms with Gasteiger partial charge in [-0.2, -0.15) is 5.26 Å². The number of pyridine rings is 2. The number of hydrogen-bond donors (Lipinski definition) is 3. The number of rotatable bonds is 4. The highest BCUT2D eigenvalue weighted by Gasteiger charge is 2.36. The van der Waals surface area contributed by atoms with Crippen molar-refractivity contribution >= 4 is 22.4 Å². The van der Waals surface area contributed by atoms with Gasteiger partial charge in [-0.1, -0.05) is 0 Å². The molecule has 0 spiro atoms. The average Bonchev–Trinajstić information content (AvgIpc) is 2.53. The van der Waals surface area contributed by atoms with E-state index in [4.69, 9.17) is 5.26 Å². The Balaban J connectivity index is 1.91. The SMILES string of the molecule is CC(C)Nc1nc(C#N)cc2cnc(NC3CNCC(F)(F)C3)cc12. The Hall–Kier alpha value is -2.53. The minimum Gasteiger partial charge on any atom is -0.367 e. The summed E-state index contributed by atoms with van der Waals surface area (Å²) >= 11 is 0. The Kier molecular flexibility index (Phi) is 4.68. The van der Waals surface area contributed by atoms with Crippen molar-refractivity contribution < 1.29 is 8.78 Å². The summed E-state index contributed by atoms with van der Waals surface area (Å²) in [7, 11) is 0. The van der Waals surface area contributed by atoms with Crippen molar-refractivity contribution in [3.63, 3.8) is 0 Å². The van der Waals surface area contributed by atoms with Gasteiger partial charge in [0.05, 0.1) is 6.54 Å². The maximum atomic E-state index is 13.5. The third kappa shape index (κ3) is 4.12. The Labute approximate surface area is 144 Å². The molecule has 25 heavy (non-hydrogen) atoms. The molecule has 0 saturated carbocycles. The standard InChI is InChI=1S/C17H20F2N6/c1-10(2)23-16-14-4-15(22-7-11(14)3-12(6-20)25-16)24-13-5-17(18,19)9-21-8-13/h3-4,7,10,13,21H,5,8-9H2,1-2H3,(H,22,24)(H,23,25). The van der Waals surface area contributed by atoms with Crippen LogP contribution in [0.2, 0.25) is 0 Å². The summed E-state index contributed by atoms with van der Waals surface area (Å²) in [4.78, 5) is 8.61. The molecule has 0 bridgehead atoms. The summed E-state index contributed by atoms with van der Waals surface area (Å²) in [5.74, 6) is -1.63. The minimum atomic E-state index is -2.72. The highest BCUT2D eigenvalue weighted by molar-refractivity contribution is 5.93. The van der Waals surface area contributed by atoms with Crippen molar-refractivity contribution in [2.45, 2.75) is 38.3 Å². The second kappa shape index (κ2) is 6.76. The predicted molar refractivity (Wildman–Crippen MR) is 92.9 cm³/mol. The van der Waals surface area contributed by atoms with Crippen LogP contribution in [0, 0.1) is 11.3 Å². The molecule has 1 unspecified atom stereocenters. The molecule has 0 amide bonds. The summed E-state index contributed by atoms with van der Waals surface area (Å²) in [6.45, 7) is 4.11. The van der Waals surface area contributed by atoms with Crippen molar-refractivity contribution in [2.24, 2.45) is 0 Å². The normalized spacial score (nSPS) is 19.6. The summed E-state index contributed by atoms with van der Waals surface area (Å²) < 4.78 is 27.1. The second-order valence-electron chi connectivity index (χ2n) is 6.59. The topological polar surface area (TPSA) is 85.7 Å². The lowest BCUT2D eigenvalue weighted by Gasteiger charge is -2.30. The van der Waals surface area contributed by atoms with Crippen LogP contribution in [0.5, 0.6) is 0 Å². The highest BCUT2D eigenvalue weighted by atomic mass is 19.3. The first kappa shape index (κ1) is 17.3. The third-order valence-electron chi connectivity index (χ3n) is 3.93. The molecule has 3 rings (SSSR count). The zero-order valence-corrected chi connectivity index (χ0v) is 14.1. The van der Waals surface area contributed by atoms with E-state index in [1.807, 2.05) is 19.9 Å². The van der Waals surface area contributed by atoms with Gasteiger partial charge in [-0.05, 0) is 26.0 Å². The van der Waals surface area contributed by atoms with Gasteiger partial charge in [0.1, 0.15) is 23.4 Å². The smallest absolute Gasteiger partial charge is 0.262 e. The first-order valence-corrected chi connectivity index (χ1v) is 8.19.